The first kappa shape index (κ1) is 19.5. The number of rotatable bonds is 6. The summed E-state index contributed by atoms with van der Waals surface area (Å²) in [5.74, 6) is -1.76. The largest absolute Gasteiger partial charge is 0.478 e. The molecule has 4 nitrogen and oxygen atoms in total. The van der Waals surface area contributed by atoms with Gasteiger partial charge in [0.15, 0.2) is 0 Å². The van der Waals surface area contributed by atoms with Gasteiger partial charge in [-0.3, -0.25) is 0 Å². The van der Waals surface area contributed by atoms with Gasteiger partial charge in [0.1, 0.15) is 0 Å². The molecular formula is C18H25ClO4. The maximum absolute atomic E-state index is 12.3. The molecular weight excluding hydrogens is 316 g/mol. The Morgan fingerprint density at radius 3 is 2.39 bits per heavy atom. The summed E-state index contributed by atoms with van der Waals surface area (Å²) in [6, 6.07) is 1.40. The van der Waals surface area contributed by atoms with Gasteiger partial charge in [0.05, 0.1) is 17.7 Å². The van der Waals surface area contributed by atoms with Gasteiger partial charge in [-0.1, -0.05) is 45.7 Å². The van der Waals surface area contributed by atoms with E-state index in [0.29, 0.717) is 22.6 Å². The van der Waals surface area contributed by atoms with Crippen molar-refractivity contribution >= 4 is 23.5 Å². The Morgan fingerprint density at radius 1 is 1.30 bits per heavy atom. The van der Waals surface area contributed by atoms with Crippen molar-refractivity contribution in [1.82, 2.24) is 0 Å². The molecule has 0 unspecified atom stereocenters. The van der Waals surface area contributed by atoms with Crippen LogP contribution in [0.15, 0.2) is 6.07 Å². The zero-order chi connectivity index (χ0) is 17.8. The predicted octanol–water partition coefficient (Wildman–Crippen LogP) is 4.89. The number of carbonyl (C=O) groups is 2. The number of unbranched alkanes of at least 4 members (excludes halogenated alkanes) is 1. The Morgan fingerprint density at radius 2 is 1.91 bits per heavy atom. The number of esters is 1. The van der Waals surface area contributed by atoms with E-state index in [2.05, 4.69) is 0 Å². The van der Waals surface area contributed by atoms with Crippen molar-refractivity contribution in [3.8, 4) is 0 Å². The molecule has 0 saturated heterocycles. The molecule has 5 heteroatoms. The van der Waals surface area contributed by atoms with E-state index in [1.165, 1.54) is 6.07 Å². The van der Waals surface area contributed by atoms with E-state index in [4.69, 9.17) is 16.3 Å². The molecule has 1 aromatic rings. The fourth-order valence-electron chi connectivity index (χ4n) is 2.34. The van der Waals surface area contributed by atoms with E-state index in [1.54, 1.807) is 6.92 Å². The first-order valence-electron chi connectivity index (χ1n) is 7.81. The lowest BCUT2D eigenvalue weighted by molar-refractivity contribution is 0.0489. The van der Waals surface area contributed by atoms with Crippen molar-refractivity contribution in [3.05, 3.63) is 33.3 Å². The van der Waals surface area contributed by atoms with Gasteiger partial charge in [0.2, 0.25) is 0 Å². The van der Waals surface area contributed by atoms with Crippen LogP contribution < -0.4 is 0 Å². The van der Waals surface area contributed by atoms with Crippen LogP contribution in [0.3, 0.4) is 0 Å². The van der Waals surface area contributed by atoms with Crippen LogP contribution in [-0.4, -0.2) is 23.7 Å². The number of aromatic carboxylic acids is 1. The van der Waals surface area contributed by atoms with E-state index in [0.717, 1.165) is 12.8 Å². The van der Waals surface area contributed by atoms with Crippen molar-refractivity contribution in [2.24, 2.45) is 5.41 Å². The molecule has 0 spiro atoms. The Bertz CT molecular complexity index is 600. The normalized spacial score (nSPS) is 11.4. The van der Waals surface area contributed by atoms with Gasteiger partial charge in [0.25, 0.3) is 0 Å². The number of hydrogen-bond donors (Lipinski definition) is 1. The third-order valence-electron chi connectivity index (χ3n) is 3.53. The fraction of sp³-hybridized carbons (Fsp3) is 0.556. The predicted molar refractivity (Wildman–Crippen MR) is 91.5 cm³/mol. The number of carbonyl (C=O) groups excluding carboxylic acids is 1. The molecule has 0 amide bonds. The van der Waals surface area contributed by atoms with Crippen molar-refractivity contribution in [3.63, 3.8) is 0 Å². The average Bonchev–Trinajstić information content (AvgIpc) is 2.41. The second-order valence-electron chi connectivity index (χ2n) is 6.92. The molecule has 1 aromatic carbocycles. The van der Waals surface area contributed by atoms with Crippen LogP contribution in [0, 0.1) is 12.3 Å². The van der Waals surface area contributed by atoms with Crippen LogP contribution in [0.4, 0.5) is 0 Å². The minimum absolute atomic E-state index is 0.00308. The molecule has 0 aliphatic heterocycles. The number of hydrogen-bond acceptors (Lipinski definition) is 3. The summed E-state index contributed by atoms with van der Waals surface area (Å²) in [5, 5.41) is 10.0. The Balaban J connectivity index is 3.40. The van der Waals surface area contributed by atoms with Crippen LogP contribution in [0.2, 0.25) is 5.02 Å². The van der Waals surface area contributed by atoms with Gasteiger partial charge in [0, 0.05) is 5.02 Å². The highest BCUT2D eigenvalue weighted by Gasteiger charge is 2.27. The van der Waals surface area contributed by atoms with Gasteiger partial charge in [-0.05, 0) is 42.4 Å². The lowest BCUT2D eigenvalue weighted by Gasteiger charge is -2.23. The zero-order valence-corrected chi connectivity index (χ0v) is 15.2. The van der Waals surface area contributed by atoms with Crippen LogP contribution in [0.25, 0.3) is 0 Å². The van der Waals surface area contributed by atoms with Gasteiger partial charge in [-0.25, -0.2) is 9.59 Å². The second-order valence-corrected chi connectivity index (χ2v) is 7.32. The molecule has 0 aromatic heterocycles. The molecule has 0 heterocycles. The highest BCUT2D eigenvalue weighted by atomic mass is 35.5. The molecule has 23 heavy (non-hydrogen) atoms. The topological polar surface area (TPSA) is 63.6 Å². The maximum Gasteiger partial charge on any atom is 0.339 e. The first-order valence-corrected chi connectivity index (χ1v) is 8.18. The highest BCUT2D eigenvalue weighted by Crippen LogP contribution is 2.32. The molecule has 1 rings (SSSR count). The minimum atomic E-state index is -1.13. The summed E-state index contributed by atoms with van der Waals surface area (Å²) in [5.41, 5.74) is 1.19. The van der Waals surface area contributed by atoms with Crippen LogP contribution >= 0.6 is 11.6 Å². The highest BCUT2D eigenvalue weighted by molar-refractivity contribution is 6.32. The number of ether oxygens (including phenoxy) is 1. The number of halogens is 1. The molecule has 0 fully saturated rings. The van der Waals surface area contributed by atoms with E-state index in [1.807, 2.05) is 27.7 Å². The van der Waals surface area contributed by atoms with Crippen molar-refractivity contribution in [2.45, 2.75) is 53.9 Å². The van der Waals surface area contributed by atoms with Crippen molar-refractivity contribution in [2.75, 3.05) is 6.61 Å². The van der Waals surface area contributed by atoms with E-state index >= 15 is 0 Å². The summed E-state index contributed by atoms with van der Waals surface area (Å²) < 4.78 is 5.18. The van der Waals surface area contributed by atoms with Gasteiger partial charge >= 0.3 is 11.9 Å². The van der Waals surface area contributed by atoms with Crippen LogP contribution in [0.1, 0.15) is 72.4 Å². The van der Waals surface area contributed by atoms with E-state index in [9.17, 15) is 14.7 Å². The molecule has 0 radical (unpaired) electrons. The van der Waals surface area contributed by atoms with Crippen LogP contribution in [-0.2, 0) is 11.2 Å². The third-order valence-corrected chi connectivity index (χ3v) is 3.92. The van der Waals surface area contributed by atoms with E-state index in [-0.39, 0.29) is 23.1 Å². The van der Waals surface area contributed by atoms with Crippen molar-refractivity contribution in [1.29, 1.82) is 0 Å². The smallest absolute Gasteiger partial charge is 0.339 e. The standard InChI is InChI=1S/C18H25ClO4/c1-6-7-8-23-17(22)12-9-14(19)11(2)13(10-18(3,4)5)15(12)16(20)21/h9H,6-8,10H2,1-5H3,(H,20,21). The number of carboxylic acid groups (broad SMARTS) is 1. The SMILES string of the molecule is CCCCOC(=O)c1cc(Cl)c(C)c(CC(C)(C)C)c1C(=O)O. The summed E-state index contributed by atoms with van der Waals surface area (Å²) in [6.45, 7) is 10.1. The summed E-state index contributed by atoms with van der Waals surface area (Å²) >= 11 is 6.23. The molecule has 1 N–H and O–H groups in total. The summed E-state index contributed by atoms with van der Waals surface area (Å²) in [6.07, 6.45) is 2.14. The Labute approximate surface area is 142 Å². The third kappa shape index (κ3) is 5.24. The second kappa shape index (κ2) is 7.82. The zero-order valence-electron chi connectivity index (χ0n) is 14.5. The molecule has 0 aliphatic carbocycles. The first-order chi connectivity index (χ1) is 10.6. The van der Waals surface area contributed by atoms with Gasteiger partial charge in [-0.15, -0.1) is 0 Å². The minimum Gasteiger partial charge on any atom is -0.478 e. The fourth-order valence-corrected chi connectivity index (χ4v) is 2.57. The molecule has 0 aliphatic rings. The van der Waals surface area contributed by atoms with Crippen molar-refractivity contribution < 1.29 is 19.4 Å². The Kier molecular flexibility index (Phi) is 6.63. The molecule has 0 saturated carbocycles. The quantitative estimate of drug-likeness (QED) is 0.591. The van der Waals surface area contributed by atoms with E-state index < -0.39 is 11.9 Å². The Hall–Kier alpha value is -1.55. The van der Waals surface area contributed by atoms with Crippen LogP contribution in [0.5, 0.6) is 0 Å². The maximum atomic E-state index is 12.3. The lowest BCUT2D eigenvalue weighted by atomic mass is 9.83. The molecule has 128 valence electrons. The molecule has 0 bridgehead atoms. The summed E-state index contributed by atoms with van der Waals surface area (Å²) in [7, 11) is 0. The number of carboxylic acids is 1. The summed E-state index contributed by atoms with van der Waals surface area (Å²) in [4.78, 5) is 24.1. The number of benzene rings is 1. The monoisotopic (exact) mass is 340 g/mol. The van der Waals surface area contributed by atoms with Gasteiger partial charge < -0.3 is 9.84 Å². The lowest BCUT2D eigenvalue weighted by Crippen LogP contribution is -2.19. The van der Waals surface area contributed by atoms with Gasteiger partial charge in [-0.2, -0.15) is 0 Å². The average molecular weight is 341 g/mol. The molecule has 0 atom stereocenters.